The Kier molecular flexibility index (Phi) is 8.51. The van der Waals surface area contributed by atoms with Crippen LogP contribution in [0.2, 0.25) is 0 Å². The van der Waals surface area contributed by atoms with Gasteiger partial charge in [-0.3, -0.25) is 14.9 Å². The molecule has 1 saturated heterocycles. The summed E-state index contributed by atoms with van der Waals surface area (Å²) < 4.78 is 26.6. The number of hydrogen-bond donors (Lipinski definition) is 2. The third kappa shape index (κ3) is 7.30. The number of rotatable bonds is 9. The summed E-state index contributed by atoms with van der Waals surface area (Å²) in [6.45, 7) is 10.0. The minimum atomic E-state index is -0.450. The molecule has 0 unspecified atom stereocenters. The molecule has 0 saturated carbocycles. The third-order valence-corrected chi connectivity index (χ3v) is 6.48. The van der Waals surface area contributed by atoms with Gasteiger partial charge in [0, 0.05) is 38.8 Å². The summed E-state index contributed by atoms with van der Waals surface area (Å²) in [6.07, 6.45) is 6.52. The monoisotopic (exact) mass is 535 g/mol. The highest BCUT2D eigenvalue weighted by Gasteiger charge is 2.38. The maximum Gasteiger partial charge on any atom is 0.245 e. The molecule has 1 fully saturated rings. The lowest BCUT2D eigenvalue weighted by atomic mass is 9.80. The number of amides is 1. The van der Waals surface area contributed by atoms with Crippen molar-refractivity contribution in [3.8, 4) is 5.75 Å². The summed E-state index contributed by atoms with van der Waals surface area (Å²) >= 11 is 0. The van der Waals surface area contributed by atoms with Gasteiger partial charge in [-0.2, -0.15) is 9.49 Å². The van der Waals surface area contributed by atoms with Gasteiger partial charge in [-0.05, 0) is 70.4 Å². The quantitative estimate of drug-likeness (QED) is 0.300. The summed E-state index contributed by atoms with van der Waals surface area (Å²) in [7, 11) is 3.44. The molecule has 1 aliphatic rings. The Morgan fingerprint density at radius 1 is 1.18 bits per heavy atom. The Bertz CT molecular complexity index is 1360. The van der Waals surface area contributed by atoms with Crippen LogP contribution in [0.1, 0.15) is 51.8 Å². The van der Waals surface area contributed by atoms with Crippen LogP contribution < -0.4 is 10.1 Å². The second-order valence-corrected chi connectivity index (χ2v) is 11.3. The van der Waals surface area contributed by atoms with Crippen molar-refractivity contribution in [2.24, 2.45) is 0 Å². The average molecular weight is 536 g/mol. The summed E-state index contributed by atoms with van der Waals surface area (Å²) in [5, 5.41) is 10.1. The van der Waals surface area contributed by atoms with Gasteiger partial charge in [0.1, 0.15) is 12.4 Å². The Balaban J connectivity index is 1.53. The molecule has 0 radical (unpaired) electrons. The maximum atomic E-state index is 14.4. The predicted octanol–water partition coefficient (Wildman–Crippen LogP) is 4.88. The van der Waals surface area contributed by atoms with E-state index in [0.717, 1.165) is 29.7 Å². The highest BCUT2D eigenvalue weighted by Crippen LogP contribution is 2.43. The van der Waals surface area contributed by atoms with Crippen LogP contribution in [0.5, 0.6) is 5.75 Å². The van der Waals surface area contributed by atoms with E-state index in [1.54, 1.807) is 32.4 Å². The number of pyridine rings is 1. The summed E-state index contributed by atoms with van der Waals surface area (Å²) in [5.41, 5.74) is 3.76. The number of likely N-dealkylation sites (N-methyl/N-ethyl adjacent to an activating group) is 1. The van der Waals surface area contributed by atoms with Crippen LogP contribution in [-0.4, -0.2) is 71.0 Å². The largest absolute Gasteiger partial charge is 0.491 e. The zero-order valence-corrected chi connectivity index (χ0v) is 23.6. The standard InChI is InChI=1S/C30H38FN5O3/c1-29(2)17-21(18-30(3,4)39-29)27(20-9-11-24-23(16-20)28(31)35-34-24)25-12-10-22(19-33-25)38-15-14-32-13-7-8-26(37)36(5)6/h7-12,16,19,32H,13-15,17-18H2,1-6H3,(H,34,35)/b8-7+. The highest BCUT2D eigenvalue weighted by atomic mass is 19.1. The van der Waals surface area contributed by atoms with Gasteiger partial charge in [-0.1, -0.05) is 17.7 Å². The molecular weight excluding hydrogens is 497 g/mol. The van der Waals surface area contributed by atoms with Crippen molar-refractivity contribution in [2.45, 2.75) is 51.7 Å². The third-order valence-electron chi connectivity index (χ3n) is 6.48. The molecule has 8 nitrogen and oxygen atoms in total. The molecule has 0 bridgehead atoms. The second-order valence-electron chi connectivity index (χ2n) is 11.3. The molecule has 39 heavy (non-hydrogen) atoms. The Morgan fingerprint density at radius 2 is 1.92 bits per heavy atom. The minimum Gasteiger partial charge on any atom is -0.491 e. The first kappa shape index (κ1) is 28.4. The minimum absolute atomic E-state index is 0.0451. The smallest absolute Gasteiger partial charge is 0.245 e. The molecular formula is C30H38FN5O3. The van der Waals surface area contributed by atoms with E-state index in [9.17, 15) is 9.18 Å². The lowest BCUT2D eigenvalue weighted by Crippen LogP contribution is -2.42. The number of hydrogen-bond acceptors (Lipinski definition) is 6. The van der Waals surface area contributed by atoms with Gasteiger partial charge >= 0.3 is 0 Å². The van der Waals surface area contributed by atoms with E-state index >= 15 is 0 Å². The summed E-state index contributed by atoms with van der Waals surface area (Å²) in [6, 6.07) is 9.50. The number of nitrogens with one attached hydrogen (secondary N) is 2. The van der Waals surface area contributed by atoms with Gasteiger partial charge in [0.25, 0.3) is 0 Å². The van der Waals surface area contributed by atoms with Crippen LogP contribution in [0, 0.1) is 5.95 Å². The van der Waals surface area contributed by atoms with E-state index in [0.29, 0.717) is 36.3 Å². The maximum absolute atomic E-state index is 14.4. The molecule has 0 atom stereocenters. The van der Waals surface area contributed by atoms with Crippen molar-refractivity contribution in [1.29, 1.82) is 0 Å². The van der Waals surface area contributed by atoms with Crippen molar-refractivity contribution >= 4 is 22.4 Å². The first-order valence-corrected chi connectivity index (χ1v) is 13.2. The van der Waals surface area contributed by atoms with Crippen LogP contribution in [0.3, 0.4) is 0 Å². The lowest BCUT2D eigenvalue weighted by molar-refractivity contribution is -0.138. The van der Waals surface area contributed by atoms with Crippen molar-refractivity contribution in [1.82, 2.24) is 25.4 Å². The van der Waals surface area contributed by atoms with Gasteiger partial charge < -0.3 is 19.7 Å². The van der Waals surface area contributed by atoms with E-state index in [1.807, 2.05) is 30.3 Å². The molecule has 208 valence electrons. The molecule has 9 heteroatoms. The number of nitrogens with zero attached hydrogens (tertiary/aromatic N) is 3. The zero-order valence-electron chi connectivity index (χ0n) is 23.6. The predicted molar refractivity (Wildman–Crippen MR) is 151 cm³/mol. The molecule has 1 aromatic carbocycles. The Labute approximate surface area is 229 Å². The number of aromatic nitrogens is 3. The topological polar surface area (TPSA) is 92.4 Å². The molecule has 3 heterocycles. The molecule has 3 aromatic rings. The number of ether oxygens (including phenoxy) is 2. The van der Waals surface area contributed by atoms with Crippen LogP contribution >= 0.6 is 0 Å². The highest BCUT2D eigenvalue weighted by molar-refractivity contribution is 5.88. The molecule has 4 rings (SSSR count). The fourth-order valence-electron chi connectivity index (χ4n) is 5.10. The molecule has 1 aliphatic heterocycles. The van der Waals surface area contributed by atoms with Crippen molar-refractivity contribution in [3.63, 3.8) is 0 Å². The van der Waals surface area contributed by atoms with E-state index in [4.69, 9.17) is 14.5 Å². The van der Waals surface area contributed by atoms with Crippen LogP contribution in [0.15, 0.2) is 54.3 Å². The van der Waals surface area contributed by atoms with Gasteiger partial charge in [-0.15, -0.1) is 0 Å². The fraction of sp³-hybridized carbons (Fsp3) is 0.433. The number of halogens is 1. The SMILES string of the molecule is CN(C)C(=O)/C=C/CNCCOc1ccc(C(=C2CC(C)(C)OC(C)(C)C2)c2ccc3n[nH]c(F)c3c2)nc1. The van der Waals surface area contributed by atoms with Gasteiger partial charge in [0.05, 0.1) is 34.0 Å². The Morgan fingerprint density at radius 3 is 2.59 bits per heavy atom. The first-order chi connectivity index (χ1) is 18.4. The molecule has 2 N–H and O–H groups in total. The summed E-state index contributed by atoms with van der Waals surface area (Å²) in [4.78, 5) is 17.8. The van der Waals surface area contributed by atoms with Gasteiger partial charge in [-0.25, -0.2) is 0 Å². The second kappa shape index (κ2) is 11.7. The Hall–Kier alpha value is -3.56. The number of carbonyl (C=O) groups is 1. The molecule has 0 aliphatic carbocycles. The first-order valence-electron chi connectivity index (χ1n) is 13.2. The number of aromatic amines is 1. The van der Waals surface area contributed by atoms with Crippen molar-refractivity contribution in [3.05, 3.63) is 71.5 Å². The van der Waals surface area contributed by atoms with E-state index in [2.05, 4.69) is 43.2 Å². The molecule has 2 aromatic heterocycles. The number of fused-ring (bicyclic) bond motifs is 1. The average Bonchev–Trinajstić information content (AvgIpc) is 3.22. The molecule has 0 spiro atoms. The van der Waals surface area contributed by atoms with Crippen LogP contribution in [0.25, 0.3) is 16.5 Å². The van der Waals surface area contributed by atoms with Gasteiger partial charge in [0.15, 0.2) is 0 Å². The normalized spacial score (nSPS) is 16.5. The summed E-state index contributed by atoms with van der Waals surface area (Å²) in [5.74, 6) is 0.164. The van der Waals surface area contributed by atoms with E-state index in [-0.39, 0.29) is 17.1 Å². The number of H-pyrrole nitrogens is 1. The molecule has 1 amide bonds. The number of benzene rings is 1. The van der Waals surface area contributed by atoms with E-state index < -0.39 is 5.95 Å². The lowest BCUT2D eigenvalue weighted by Gasteiger charge is -2.43. The van der Waals surface area contributed by atoms with Crippen molar-refractivity contribution < 1.29 is 18.7 Å². The zero-order chi connectivity index (χ0) is 28.2. The van der Waals surface area contributed by atoms with Gasteiger partial charge in [0.2, 0.25) is 11.9 Å². The van der Waals surface area contributed by atoms with Crippen LogP contribution in [-0.2, 0) is 9.53 Å². The van der Waals surface area contributed by atoms with E-state index in [1.165, 1.54) is 10.5 Å². The van der Waals surface area contributed by atoms with Crippen molar-refractivity contribution in [2.75, 3.05) is 33.8 Å². The number of carbonyl (C=O) groups excluding carboxylic acids is 1. The fourth-order valence-corrected chi connectivity index (χ4v) is 5.10. The van der Waals surface area contributed by atoms with Crippen LogP contribution in [0.4, 0.5) is 4.39 Å².